The molecule has 25 heavy (non-hydrogen) atoms. The molecule has 0 bridgehead atoms. The number of fused-ring (bicyclic) bond motifs is 1. The van der Waals surface area contributed by atoms with Gasteiger partial charge in [0, 0.05) is 17.7 Å². The lowest BCUT2D eigenvalue weighted by molar-refractivity contribution is -0.115. The highest BCUT2D eigenvalue weighted by Crippen LogP contribution is 2.38. The Hall–Kier alpha value is -2.73. The molecular weight excluding hydrogens is 344 g/mol. The fraction of sp³-hybridized carbons (Fsp3) is 0.222. The van der Waals surface area contributed by atoms with Gasteiger partial charge in [-0.1, -0.05) is 11.6 Å². The van der Waals surface area contributed by atoms with E-state index in [2.05, 4.69) is 5.32 Å². The van der Waals surface area contributed by atoms with Gasteiger partial charge in [0.05, 0.1) is 24.7 Å². The summed E-state index contributed by atoms with van der Waals surface area (Å²) < 4.78 is 11.2. The molecule has 2 aromatic carbocycles. The van der Waals surface area contributed by atoms with E-state index in [9.17, 15) is 9.59 Å². The molecule has 0 aromatic heterocycles. The molecule has 0 spiro atoms. The molecular formula is C18H17ClN2O4. The van der Waals surface area contributed by atoms with E-state index in [-0.39, 0.29) is 12.3 Å². The summed E-state index contributed by atoms with van der Waals surface area (Å²) in [6.07, 6.45) is 0.913. The van der Waals surface area contributed by atoms with Crippen LogP contribution in [0.5, 0.6) is 11.5 Å². The van der Waals surface area contributed by atoms with E-state index in [1.807, 2.05) is 0 Å². The van der Waals surface area contributed by atoms with Gasteiger partial charge >= 0.3 is 0 Å². The van der Waals surface area contributed by atoms with Crippen molar-refractivity contribution in [2.24, 2.45) is 5.73 Å². The number of carbonyl (C=O) groups excluding carboxylic acids is 2. The molecule has 3 rings (SSSR count). The van der Waals surface area contributed by atoms with E-state index in [1.54, 1.807) is 36.4 Å². The number of hydrogen-bond donors (Lipinski definition) is 2. The minimum Gasteiger partial charge on any atom is -0.489 e. The Kier molecular flexibility index (Phi) is 5.09. The van der Waals surface area contributed by atoms with E-state index in [0.717, 1.165) is 12.0 Å². The number of hydrogen-bond acceptors (Lipinski definition) is 4. The third kappa shape index (κ3) is 4.22. The van der Waals surface area contributed by atoms with Gasteiger partial charge in [0.1, 0.15) is 0 Å². The van der Waals surface area contributed by atoms with Crippen LogP contribution in [-0.4, -0.2) is 25.0 Å². The first-order valence-electron chi connectivity index (χ1n) is 7.80. The lowest BCUT2D eigenvalue weighted by atomic mass is 10.1. The smallest absolute Gasteiger partial charge is 0.248 e. The van der Waals surface area contributed by atoms with Gasteiger partial charge in [0.2, 0.25) is 11.8 Å². The molecule has 1 aliphatic heterocycles. The van der Waals surface area contributed by atoms with Gasteiger partial charge in [0.15, 0.2) is 11.5 Å². The van der Waals surface area contributed by atoms with Crippen LogP contribution in [0, 0.1) is 0 Å². The SMILES string of the molecule is NC(=O)c1ccc(NC(=O)Cc2cc(Cl)c3c(c2)OCCCO3)cc1. The molecule has 130 valence electrons. The summed E-state index contributed by atoms with van der Waals surface area (Å²) in [5, 5.41) is 3.19. The standard InChI is InChI=1S/C18H17ClN2O4/c19-14-8-11(9-15-17(14)25-7-1-6-24-15)10-16(22)21-13-4-2-12(3-5-13)18(20)23/h2-5,8-9H,1,6-7,10H2,(H2,20,23)(H,21,22). The Balaban J connectivity index is 1.69. The molecule has 3 N–H and O–H groups in total. The van der Waals surface area contributed by atoms with Crippen molar-refractivity contribution in [1.29, 1.82) is 0 Å². The van der Waals surface area contributed by atoms with E-state index >= 15 is 0 Å². The van der Waals surface area contributed by atoms with Crippen LogP contribution in [0.4, 0.5) is 5.69 Å². The van der Waals surface area contributed by atoms with Crippen molar-refractivity contribution in [3.63, 3.8) is 0 Å². The number of ether oxygens (including phenoxy) is 2. The Morgan fingerprint density at radius 2 is 1.84 bits per heavy atom. The quantitative estimate of drug-likeness (QED) is 0.877. The summed E-state index contributed by atoms with van der Waals surface area (Å²) in [5.74, 6) is 0.348. The number of benzene rings is 2. The molecule has 0 radical (unpaired) electrons. The van der Waals surface area contributed by atoms with Crippen molar-refractivity contribution in [1.82, 2.24) is 0 Å². The second-order valence-corrected chi connectivity index (χ2v) is 6.03. The monoisotopic (exact) mass is 360 g/mol. The van der Waals surface area contributed by atoms with Crippen LogP contribution in [0.3, 0.4) is 0 Å². The molecule has 0 unspecified atom stereocenters. The van der Waals surface area contributed by atoms with Crippen molar-refractivity contribution < 1.29 is 19.1 Å². The minimum atomic E-state index is -0.514. The third-order valence-electron chi connectivity index (χ3n) is 3.68. The van der Waals surface area contributed by atoms with Crippen LogP contribution >= 0.6 is 11.6 Å². The number of anilines is 1. The summed E-state index contributed by atoms with van der Waals surface area (Å²) in [6, 6.07) is 9.83. The molecule has 6 nitrogen and oxygen atoms in total. The van der Waals surface area contributed by atoms with E-state index in [1.165, 1.54) is 0 Å². The number of carbonyl (C=O) groups is 2. The van der Waals surface area contributed by atoms with Crippen molar-refractivity contribution in [2.45, 2.75) is 12.8 Å². The fourth-order valence-corrected chi connectivity index (χ4v) is 2.78. The zero-order valence-electron chi connectivity index (χ0n) is 13.4. The number of primary amides is 1. The van der Waals surface area contributed by atoms with Gasteiger partial charge in [-0.25, -0.2) is 0 Å². The van der Waals surface area contributed by atoms with Gasteiger partial charge in [-0.15, -0.1) is 0 Å². The molecule has 7 heteroatoms. The van der Waals surface area contributed by atoms with Crippen molar-refractivity contribution in [2.75, 3.05) is 18.5 Å². The molecule has 2 aromatic rings. The summed E-state index contributed by atoms with van der Waals surface area (Å²) in [4.78, 5) is 23.3. The van der Waals surface area contributed by atoms with Gasteiger partial charge < -0.3 is 20.5 Å². The van der Waals surface area contributed by atoms with E-state index in [4.69, 9.17) is 26.8 Å². The van der Waals surface area contributed by atoms with Crippen molar-refractivity contribution >= 4 is 29.1 Å². The van der Waals surface area contributed by atoms with Gasteiger partial charge in [-0.3, -0.25) is 9.59 Å². The normalized spacial score (nSPS) is 13.0. The largest absolute Gasteiger partial charge is 0.489 e. The minimum absolute atomic E-state index is 0.133. The van der Waals surface area contributed by atoms with Crippen molar-refractivity contribution in [3.05, 3.63) is 52.5 Å². The second kappa shape index (κ2) is 7.44. The van der Waals surface area contributed by atoms with E-state index < -0.39 is 5.91 Å². The lowest BCUT2D eigenvalue weighted by Crippen LogP contribution is -2.15. The van der Waals surface area contributed by atoms with Crippen LogP contribution in [-0.2, 0) is 11.2 Å². The maximum absolute atomic E-state index is 12.2. The molecule has 1 heterocycles. The van der Waals surface area contributed by atoms with Crippen LogP contribution in [0.1, 0.15) is 22.3 Å². The number of rotatable bonds is 4. The first-order chi connectivity index (χ1) is 12.0. The molecule has 1 aliphatic rings. The Morgan fingerprint density at radius 3 is 2.56 bits per heavy atom. The molecule has 0 aliphatic carbocycles. The number of nitrogens with two attached hydrogens (primary N) is 1. The van der Waals surface area contributed by atoms with Crippen LogP contribution in [0.15, 0.2) is 36.4 Å². The highest BCUT2D eigenvalue weighted by molar-refractivity contribution is 6.32. The first-order valence-corrected chi connectivity index (χ1v) is 8.18. The average Bonchev–Trinajstić information content (AvgIpc) is 2.81. The summed E-state index contributed by atoms with van der Waals surface area (Å²) >= 11 is 6.23. The van der Waals surface area contributed by atoms with Crippen LogP contribution in [0.25, 0.3) is 0 Å². The average molecular weight is 361 g/mol. The highest BCUT2D eigenvalue weighted by Gasteiger charge is 2.17. The topological polar surface area (TPSA) is 90.7 Å². The lowest BCUT2D eigenvalue weighted by Gasteiger charge is -2.12. The predicted molar refractivity (Wildman–Crippen MR) is 94.4 cm³/mol. The second-order valence-electron chi connectivity index (χ2n) is 5.62. The number of halogens is 1. The van der Waals surface area contributed by atoms with Gasteiger partial charge in [-0.05, 0) is 42.0 Å². The predicted octanol–water partition coefficient (Wildman–Crippen LogP) is 2.78. The zero-order valence-corrected chi connectivity index (χ0v) is 14.1. The molecule has 0 saturated heterocycles. The van der Waals surface area contributed by atoms with E-state index in [0.29, 0.717) is 41.0 Å². The Morgan fingerprint density at radius 1 is 1.12 bits per heavy atom. The molecule has 0 atom stereocenters. The maximum Gasteiger partial charge on any atom is 0.248 e. The van der Waals surface area contributed by atoms with Gasteiger partial charge in [0.25, 0.3) is 0 Å². The van der Waals surface area contributed by atoms with Gasteiger partial charge in [-0.2, -0.15) is 0 Å². The number of nitrogens with one attached hydrogen (secondary N) is 1. The molecule has 2 amide bonds. The fourth-order valence-electron chi connectivity index (χ4n) is 2.49. The molecule has 0 fully saturated rings. The summed E-state index contributed by atoms with van der Waals surface area (Å²) in [5.41, 5.74) is 6.87. The third-order valence-corrected chi connectivity index (χ3v) is 3.96. The first kappa shape index (κ1) is 17.1. The van der Waals surface area contributed by atoms with Crippen LogP contribution < -0.4 is 20.5 Å². The van der Waals surface area contributed by atoms with Crippen LogP contribution in [0.2, 0.25) is 5.02 Å². The number of amides is 2. The summed E-state index contributed by atoms with van der Waals surface area (Å²) in [6.45, 7) is 1.10. The maximum atomic E-state index is 12.2. The van der Waals surface area contributed by atoms with Crippen molar-refractivity contribution in [3.8, 4) is 11.5 Å². The molecule has 0 saturated carbocycles. The zero-order chi connectivity index (χ0) is 17.8. The Bertz CT molecular complexity index is 805. The Labute approximate surface area is 149 Å². The summed E-state index contributed by atoms with van der Waals surface area (Å²) in [7, 11) is 0. The highest BCUT2D eigenvalue weighted by atomic mass is 35.5.